The van der Waals surface area contributed by atoms with E-state index in [4.69, 9.17) is 4.74 Å². The predicted molar refractivity (Wildman–Crippen MR) is 168 cm³/mol. The first-order chi connectivity index (χ1) is 20.0. The van der Waals surface area contributed by atoms with E-state index in [1.54, 1.807) is 38.6 Å². The Labute approximate surface area is 250 Å². The van der Waals surface area contributed by atoms with E-state index in [1.165, 1.54) is 19.3 Å². The maximum absolute atomic E-state index is 14.8. The number of benzene rings is 1. The largest absolute Gasteiger partial charge is 0.500 e. The first-order valence-corrected chi connectivity index (χ1v) is 14.1. The number of carbonyl (C=O) groups excluding carboxylic acids is 1. The number of dihydropyridines is 1. The molecule has 2 N–H and O–H groups in total. The van der Waals surface area contributed by atoms with Gasteiger partial charge >= 0.3 is 6.18 Å². The Morgan fingerprint density at radius 3 is 2.36 bits per heavy atom. The molecular formula is C32H48F4N4O2. The minimum atomic E-state index is -4.40. The average Bonchev–Trinajstić information content (AvgIpc) is 3.81. The number of alkyl halides is 3. The van der Waals surface area contributed by atoms with Gasteiger partial charge in [0.25, 0.3) is 0 Å². The molecule has 3 rings (SSSR count). The molecule has 0 amide bonds. The molecule has 2 aliphatic rings. The molecule has 1 unspecified atom stereocenters. The fraction of sp³-hybridized carbons (Fsp3) is 0.469. The number of aliphatic imine (C=N–C) groups is 2. The summed E-state index contributed by atoms with van der Waals surface area (Å²) in [6, 6.07) is 4.67. The highest BCUT2D eigenvalue weighted by Crippen LogP contribution is 2.62. The van der Waals surface area contributed by atoms with Crippen molar-refractivity contribution in [2.24, 2.45) is 15.4 Å². The molecule has 0 spiro atoms. The van der Waals surface area contributed by atoms with E-state index < -0.39 is 17.4 Å². The molecule has 1 aromatic carbocycles. The van der Waals surface area contributed by atoms with Crippen LogP contribution in [0.2, 0.25) is 0 Å². The van der Waals surface area contributed by atoms with Gasteiger partial charge in [-0.1, -0.05) is 58.1 Å². The Morgan fingerprint density at radius 2 is 1.88 bits per heavy atom. The molecule has 1 atom stereocenters. The molecule has 0 aromatic heterocycles. The van der Waals surface area contributed by atoms with Crippen molar-refractivity contribution in [1.82, 2.24) is 10.6 Å². The van der Waals surface area contributed by atoms with Crippen LogP contribution in [0.4, 0.5) is 17.6 Å². The Morgan fingerprint density at radius 1 is 1.21 bits per heavy atom. The normalized spacial score (nSPS) is 17.6. The first kappa shape index (κ1) is 36.3. The summed E-state index contributed by atoms with van der Waals surface area (Å²) < 4.78 is 59.9. The molecule has 10 heteroatoms. The topological polar surface area (TPSA) is 75.1 Å². The number of ketones is 1. The van der Waals surface area contributed by atoms with Gasteiger partial charge < -0.3 is 15.4 Å². The fourth-order valence-electron chi connectivity index (χ4n) is 4.11. The molecular weight excluding hydrogens is 548 g/mol. The number of nitrogens with one attached hydrogen (secondary N) is 2. The minimum absolute atomic E-state index is 0. The van der Waals surface area contributed by atoms with Crippen LogP contribution >= 0.6 is 0 Å². The summed E-state index contributed by atoms with van der Waals surface area (Å²) >= 11 is 0. The predicted octanol–water partition coefficient (Wildman–Crippen LogP) is 7.84. The lowest BCUT2D eigenvalue weighted by Gasteiger charge is -2.21. The van der Waals surface area contributed by atoms with Crippen LogP contribution in [0, 0.1) is 11.2 Å². The highest BCUT2D eigenvalue weighted by atomic mass is 19.4. The van der Waals surface area contributed by atoms with E-state index in [0.29, 0.717) is 17.0 Å². The third-order valence-corrected chi connectivity index (χ3v) is 6.50. The summed E-state index contributed by atoms with van der Waals surface area (Å²) in [5.41, 5.74) is 0.0682. The Bertz CT molecular complexity index is 1220. The Balaban J connectivity index is 0. The van der Waals surface area contributed by atoms with Crippen LogP contribution in [0.15, 0.2) is 70.5 Å². The Hall–Kier alpha value is -3.69. The van der Waals surface area contributed by atoms with Gasteiger partial charge in [-0.3, -0.25) is 14.8 Å². The molecule has 1 heterocycles. The molecule has 42 heavy (non-hydrogen) atoms. The first-order valence-electron chi connectivity index (χ1n) is 14.1. The second kappa shape index (κ2) is 17.3. The van der Waals surface area contributed by atoms with Gasteiger partial charge in [0.2, 0.25) is 0 Å². The summed E-state index contributed by atoms with van der Waals surface area (Å²) in [6.07, 6.45) is 3.76. The van der Waals surface area contributed by atoms with Crippen LogP contribution in [0.25, 0.3) is 5.57 Å². The van der Waals surface area contributed by atoms with Crippen molar-refractivity contribution in [1.29, 1.82) is 0 Å². The van der Waals surface area contributed by atoms with Gasteiger partial charge in [0.15, 0.2) is 0 Å². The molecule has 0 saturated heterocycles. The van der Waals surface area contributed by atoms with Gasteiger partial charge in [0.05, 0.1) is 13.3 Å². The van der Waals surface area contributed by atoms with E-state index >= 15 is 0 Å². The highest BCUT2D eigenvalue weighted by Gasteiger charge is 2.66. The summed E-state index contributed by atoms with van der Waals surface area (Å²) in [5.74, 6) is -0.316. The lowest BCUT2D eigenvalue weighted by molar-refractivity contribution is -0.184. The number of ether oxygens (including phenoxy) is 1. The maximum Gasteiger partial charge on any atom is 0.401 e. The number of amidine groups is 1. The molecule has 0 radical (unpaired) electrons. The Kier molecular flexibility index (Phi) is 15.0. The quantitative estimate of drug-likeness (QED) is 0.0898. The number of nitrogens with zero attached hydrogens (tertiary/aromatic N) is 2. The second-order valence-electron chi connectivity index (χ2n) is 9.22. The van der Waals surface area contributed by atoms with E-state index in [2.05, 4.69) is 27.2 Å². The third kappa shape index (κ3) is 9.99. The standard InChI is InChI=1S/C28H32F4N4O2.2C2H6.2H2/c1-18(13-24(38-4)27(11-12-27)28(30,31)32)5-9-22(37)14-20-7-6-19(15-23(20)29)21-8-10-25(35-16-21)36-26(34-3)17-33-2;2*1-2;;/h6-8,10,13,15-17,25,35H,1,5,9,11-12,14H2,2-4H3,(H,34,36);2*1-2H3;2*1H/b24-13-,33-17?;;;;. The summed E-state index contributed by atoms with van der Waals surface area (Å²) in [6.45, 7) is 11.8. The highest BCUT2D eigenvalue weighted by molar-refractivity contribution is 6.29. The summed E-state index contributed by atoms with van der Waals surface area (Å²) in [5, 5.41) is 6.31. The van der Waals surface area contributed by atoms with Gasteiger partial charge in [-0.2, -0.15) is 13.2 Å². The number of hydrogen-bond donors (Lipinski definition) is 2. The number of methoxy groups -OCH3 is 1. The van der Waals surface area contributed by atoms with Crippen molar-refractivity contribution < 1.29 is 29.9 Å². The molecule has 6 nitrogen and oxygen atoms in total. The number of Topliss-reactive ketones (excluding diaryl/α,β-unsaturated/α-hetero) is 1. The number of carbonyl (C=O) groups is 1. The smallest absolute Gasteiger partial charge is 0.401 e. The van der Waals surface area contributed by atoms with Crippen LogP contribution in [0.3, 0.4) is 0 Å². The van der Waals surface area contributed by atoms with Gasteiger partial charge in [-0.15, -0.1) is 0 Å². The minimum Gasteiger partial charge on any atom is -0.500 e. The van der Waals surface area contributed by atoms with Crippen LogP contribution in [-0.2, 0) is 16.0 Å². The average molecular weight is 597 g/mol. The number of hydrogen-bond acceptors (Lipinski definition) is 5. The lowest BCUT2D eigenvalue weighted by Crippen LogP contribution is -2.43. The monoisotopic (exact) mass is 596 g/mol. The van der Waals surface area contributed by atoms with E-state index in [0.717, 1.165) is 5.57 Å². The van der Waals surface area contributed by atoms with Crippen molar-refractivity contribution in [2.75, 3.05) is 21.2 Å². The van der Waals surface area contributed by atoms with Gasteiger partial charge in [0.1, 0.15) is 34.8 Å². The molecule has 1 fully saturated rings. The molecule has 236 valence electrons. The zero-order chi connectivity index (χ0) is 31.9. The van der Waals surface area contributed by atoms with Crippen molar-refractivity contribution >= 4 is 23.4 Å². The fourth-order valence-corrected chi connectivity index (χ4v) is 4.11. The van der Waals surface area contributed by atoms with Gasteiger partial charge in [0, 0.05) is 36.0 Å². The summed E-state index contributed by atoms with van der Waals surface area (Å²) in [7, 11) is 4.50. The molecule has 0 bridgehead atoms. The van der Waals surface area contributed by atoms with E-state index in [1.807, 2.05) is 39.8 Å². The zero-order valence-corrected chi connectivity index (χ0v) is 25.7. The van der Waals surface area contributed by atoms with Crippen LogP contribution in [0.1, 0.15) is 67.4 Å². The van der Waals surface area contributed by atoms with Gasteiger partial charge in [-0.05, 0) is 54.2 Å². The molecule has 1 aliphatic carbocycles. The molecule has 1 saturated carbocycles. The summed E-state index contributed by atoms with van der Waals surface area (Å²) in [4.78, 5) is 20.5. The molecule has 1 aliphatic heterocycles. The zero-order valence-electron chi connectivity index (χ0n) is 25.7. The lowest BCUT2D eigenvalue weighted by atomic mass is 9.97. The van der Waals surface area contributed by atoms with Crippen LogP contribution < -0.4 is 10.6 Å². The van der Waals surface area contributed by atoms with E-state index in [9.17, 15) is 22.4 Å². The second-order valence-corrected chi connectivity index (χ2v) is 9.22. The van der Waals surface area contributed by atoms with Crippen molar-refractivity contribution in [3.8, 4) is 0 Å². The van der Waals surface area contributed by atoms with Crippen LogP contribution in [-0.4, -0.2) is 51.4 Å². The van der Waals surface area contributed by atoms with Crippen molar-refractivity contribution in [2.45, 2.75) is 72.1 Å². The molecule has 1 aromatic rings. The maximum atomic E-state index is 14.8. The van der Waals surface area contributed by atoms with Crippen molar-refractivity contribution in [3.63, 3.8) is 0 Å². The number of allylic oxidation sites excluding steroid dienone is 5. The van der Waals surface area contributed by atoms with Gasteiger partial charge in [-0.25, -0.2) is 4.39 Å². The SMILES string of the molecule is C=C(/C=C(\OC)C1(C(F)(F)F)CC1)CCC(=O)Cc1ccc(C2=CNC(NC(C=NC)=NC)C=C2)cc1F.CC.CC.[HH].[HH]. The van der Waals surface area contributed by atoms with E-state index in [-0.39, 0.29) is 58.2 Å². The number of rotatable bonds is 11. The van der Waals surface area contributed by atoms with Crippen LogP contribution in [0.5, 0.6) is 0 Å². The number of halogens is 4. The third-order valence-electron chi connectivity index (χ3n) is 6.50. The van der Waals surface area contributed by atoms with Crippen molar-refractivity contribution in [3.05, 3.63) is 77.5 Å².